The molecule has 172 valence electrons. The van der Waals surface area contributed by atoms with E-state index >= 15 is 0 Å². The van der Waals surface area contributed by atoms with Crippen LogP contribution in [-0.4, -0.2) is 91.9 Å². The first-order chi connectivity index (χ1) is 6.61. The second-order valence-corrected chi connectivity index (χ2v) is 1.03. The summed E-state index contributed by atoms with van der Waals surface area (Å²) in [5.41, 5.74) is 0. The number of aliphatic hydroxyl groups excluding tert-OH is 1. The zero-order chi connectivity index (χ0) is 13.4. The smallest absolute Gasteiger partial charge is 0.291 e. The maximum Gasteiger partial charge on any atom is 0.291 e. The van der Waals surface area contributed by atoms with Crippen LogP contribution in [0.5, 0.6) is 0 Å². The van der Waals surface area contributed by atoms with Crippen molar-refractivity contribution in [2.24, 2.45) is 0 Å². The molecule has 0 saturated heterocycles. The molecule has 0 aliphatic carbocycles. The van der Waals surface area contributed by atoms with Gasteiger partial charge in [0.2, 0.25) is 0 Å². The predicted molar refractivity (Wildman–Crippen MR) is 71.6 cm³/mol. The maximum atomic E-state index is 8.36. The van der Waals surface area contributed by atoms with Gasteiger partial charge in [-0.3, -0.25) is 0 Å². The molecule has 0 aromatic heterocycles. The average Bonchev–Trinajstić information content (AvgIpc) is 1.81. The van der Waals surface area contributed by atoms with E-state index in [1.165, 1.54) is 0 Å². The molecule has 0 spiro atoms. The normalized spacial score (nSPS) is 3.60. The van der Waals surface area contributed by atoms with Gasteiger partial charge >= 0.3 is 0 Å². The molecule has 0 saturated carbocycles. The van der Waals surface area contributed by atoms with Crippen LogP contribution in [0.25, 0.3) is 0 Å². The van der Waals surface area contributed by atoms with Gasteiger partial charge in [-0.15, -0.1) is 30.3 Å². The van der Waals surface area contributed by atoms with E-state index < -0.39 is 15.3 Å². The molecule has 0 bridgehead atoms. The van der Waals surface area contributed by atoms with Crippen molar-refractivity contribution in [1.29, 1.82) is 0 Å². The first kappa shape index (κ1) is 141. The van der Waals surface area contributed by atoms with E-state index in [-0.39, 0.29) is 73.0 Å². The minimum absolute atomic E-state index is 0. The third kappa shape index (κ3) is 1620. The van der Waals surface area contributed by atoms with Crippen molar-refractivity contribution in [3.05, 3.63) is 30.3 Å². The molecule has 0 atom stereocenters. The van der Waals surface area contributed by atoms with E-state index in [9.17, 15) is 0 Å². The second kappa shape index (κ2) is 156. The molecule has 0 amide bonds. The van der Waals surface area contributed by atoms with Gasteiger partial charge in [0, 0.05) is 23.7 Å². The summed E-state index contributed by atoms with van der Waals surface area (Å²) in [6.45, 7) is 1.93. The third-order valence-electron chi connectivity index (χ3n) is 0. The second-order valence-electron chi connectivity index (χ2n) is 1.03. The quantitative estimate of drug-likeness (QED) is 0.152. The molecule has 0 aromatic rings. The molecule has 0 unspecified atom stereocenters. The predicted octanol–water partition coefficient (Wildman–Crippen LogP) is -8.47. The Morgan fingerprint density at radius 1 is 0.600 bits per heavy atom. The third-order valence-corrected chi connectivity index (χ3v) is 0. The molecule has 25 heavy (non-hydrogen) atoms. The SMILES string of the molecule is CCO.O.O.O.O.O.O.O.O.O.O=[N+]([O-])O.O=[N+]([O-])O.O=[N+]([O-])O.[Fe]. The Bertz CT molecular complexity index is 138. The number of nitrogens with zero attached hydrogens (tertiary/aromatic N) is 3. The number of aliphatic hydroxyl groups is 1. The summed E-state index contributed by atoms with van der Waals surface area (Å²) in [4.78, 5) is 25.1. The monoisotopic (exact) mass is 453 g/mol. The maximum absolute atomic E-state index is 8.36. The van der Waals surface area contributed by atoms with Crippen molar-refractivity contribution in [3.8, 4) is 0 Å². The Balaban J connectivity index is -0.00000000476. The standard InChI is InChI=1S/C2H6O.Fe.3HNO3.9H2O/c1-2-3;;3*2-1(3)4;;;;;;;;;/h3H,2H2,1H3;;3*(H,2,3,4);9*1H2. The van der Waals surface area contributed by atoms with E-state index in [0.717, 1.165) is 0 Å². The van der Waals surface area contributed by atoms with E-state index in [1.54, 1.807) is 6.92 Å². The molecule has 0 heterocycles. The van der Waals surface area contributed by atoms with Crippen molar-refractivity contribution in [1.82, 2.24) is 0 Å². The Morgan fingerprint density at radius 2 is 0.600 bits per heavy atom. The first-order valence-electron chi connectivity index (χ1n) is 2.72. The van der Waals surface area contributed by atoms with Gasteiger partial charge in [0.15, 0.2) is 0 Å². The van der Waals surface area contributed by atoms with Crippen LogP contribution in [0, 0.1) is 30.3 Å². The zero-order valence-electron chi connectivity index (χ0n) is 12.1. The summed E-state index contributed by atoms with van der Waals surface area (Å²) >= 11 is 0. The molecule has 22 nitrogen and oxygen atoms in total. The van der Waals surface area contributed by atoms with Gasteiger partial charge in [-0.25, -0.2) is 0 Å². The van der Waals surface area contributed by atoms with Gasteiger partial charge in [0.1, 0.15) is 0 Å². The minimum Gasteiger partial charge on any atom is -0.412 e. The van der Waals surface area contributed by atoms with Gasteiger partial charge in [0.25, 0.3) is 15.3 Å². The molecule has 22 N–H and O–H groups in total. The van der Waals surface area contributed by atoms with Crippen LogP contribution in [-0.2, 0) is 17.1 Å². The van der Waals surface area contributed by atoms with E-state index in [1.807, 2.05) is 0 Å². The number of hydrogen-bond donors (Lipinski definition) is 4. The van der Waals surface area contributed by atoms with Crippen molar-refractivity contribution in [3.63, 3.8) is 0 Å². The Labute approximate surface area is 147 Å². The van der Waals surface area contributed by atoms with Crippen LogP contribution in [0.15, 0.2) is 0 Å². The fraction of sp³-hybridized carbons (Fsp3) is 1.00. The van der Waals surface area contributed by atoms with Gasteiger partial charge in [-0.1, -0.05) is 0 Å². The fourth-order valence-electron chi connectivity index (χ4n) is 0. The summed E-state index contributed by atoms with van der Waals surface area (Å²) < 4.78 is 0. The van der Waals surface area contributed by atoms with Crippen LogP contribution in [0.1, 0.15) is 6.92 Å². The van der Waals surface area contributed by atoms with Gasteiger partial charge in [-0.2, -0.15) is 0 Å². The van der Waals surface area contributed by atoms with E-state index in [2.05, 4.69) is 0 Å². The van der Waals surface area contributed by atoms with E-state index in [4.69, 9.17) is 51.1 Å². The van der Waals surface area contributed by atoms with Crippen LogP contribution >= 0.6 is 0 Å². The molecule has 23 heteroatoms. The molecule has 0 aliphatic rings. The molecule has 0 rings (SSSR count). The van der Waals surface area contributed by atoms with Gasteiger partial charge in [-0.05, 0) is 6.92 Å². The van der Waals surface area contributed by atoms with Gasteiger partial charge < -0.3 is 70.0 Å². The van der Waals surface area contributed by atoms with Gasteiger partial charge in [0.05, 0.1) is 0 Å². The first-order valence-corrected chi connectivity index (χ1v) is 2.72. The summed E-state index contributed by atoms with van der Waals surface area (Å²) in [6.07, 6.45) is 0. The van der Waals surface area contributed by atoms with Crippen LogP contribution in [0.4, 0.5) is 0 Å². The topological polar surface area (TPSA) is 494 Å². The molecular weight excluding hydrogens is 426 g/mol. The minimum atomic E-state index is -1.50. The summed E-state index contributed by atoms with van der Waals surface area (Å²) in [5.74, 6) is 0. The zero-order valence-corrected chi connectivity index (χ0v) is 13.2. The van der Waals surface area contributed by atoms with E-state index in [0.29, 0.717) is 0 Å². The molecular formula is C2H27FeN3O19. The van der Waals surface area contributed by atoms with Crippen LogP contribution < -0.4 is 0 Å². The number of rotatable bonds is 0. The summed E-state index contributed by atoms with van der Waals surface area (Å²) in [7, 11) is 0. The fourth-order valence-corrected chi connectivity index (χ4v) is 0. The molecule has 0 fully saturated rings. The Morgan fingerprint density at radius 3 is 0.600 bits per heavy atom. The molecule has 0 aromatic carbocycles. The van der Waals surface area contributed by atoms with Crippen LogP contribution in [0.2, 0.25) is 0 Å². The summed E-state index contributed by atoms with van der Waals surface area (Å²) in [5, 5.41) is 48.5. The molecule has 0 aliphatic heterocycles. The summed E-state index contributed by atoms with van der Waals surface area (Å²) in [6, 6.07) is 0. The largest absolute Gasteiger partial charge is 0.412 e. The van der Waals surface area contributed by atoms with Crippen molar-refractivity contribution in [2.45, 2.75) is 6.92 Å². The van der Waals surface area contributed by atoms with Crippen molar-refractivity contribution >= 4 is 0 Å². The van der Waals surface area contributed by atoms with Crippen molar-refractivity contribution < 1.29 is 102 Å². The Hall–Kier alpha value is -2.28. The van der Waals surface area contributed by atoms with Crippen LogP contribution in [0.3, 0.4) is 0 Å². The van der Waals surface area contributed by atoms with Crippen molar-refractivity contribution in [2.75, 3.05) is 6.61 Å². The number of hydrogen-bond acceptors (Lipinski definition) is 7. The average molecular weight is 453 g/mol. The molecule has 0 radical (unpaired) electrons. The Kier molecular flexibility index (Phi) is 882.